The largest absolute Gasteiger partial charge is 0.491 e. The zero-order chi connectivity index (χ0) is 11.8. The van der Waals surface area contributed by atoms with Gasteiger partial charge in [0.1, 0.15) is 24.0 Å². The molecule has 0 aliphatic heterocycles. The van der Waals surface area contributed by atoms with Crippen LogP contribution < -0.4 is 4.74 Å². The van der Waals surface area contributed by atoms with Crippen LogP contribution in [-0.2, 0) is 0 Å². The maximum absolute atomic E-state index is 12.9. The molecule has 0 aliphatic rings. The molecule has 0 bridgehead atoms. The highest BCUT2D eigenvalue weighted by Gasteiger charge is 2.07. The zero-order valence-corrected chi connectivity index (χ0v) is 9.18. The van der Waals surface area contributed by atoms with E-state index in [1.165, 1.54) is 6.92 Å². The van der Waals surface area contributed by atoms with Crippen LogP contribution in [0.15, 0.2) is 12.1 Å². The molecule has 1 rings (SSSR count). The molecule has 86 valence electrons. The minimum absolute atomic E-state index is 0.0315. The summed E-state index contributed by atoms with van der Waals surface area (Å²) < 4.78 is 30.5. The van der Waals surface area contributed by atoms with Gasteiger partial charge in [0, 0.05) is 17.7 Å². The molecule has 0 aromatic heterocycles. The Morgan fingerprint density at radius 2 is 1.87 bits per heavy atom. The first-order valence-electron chi connectivity index (χ1n) is 4.84. The van der Waals surface area contributed by atoms with Crippen molar-refractivity contribution >= 4 is 0 Å². The highest BCUT2D eigenvalue weighted by molar-refractivity contribution is 5.34. The van der Waals surface area contributed by atoms with Gasteiger partial charge in [-0.2, -0.15) is 0 Å². The highest BCUT2D eigenvalue weighted by atomic mass is 19.1. The summed E-state index contributed by atoms with van der Waals surface area (Å²) in [4.78, 5) is 0. The quantitative estimate of drug-likeness (QED) is 0.845. The van der Waals surface area contributed by atoms with Gasteiger partial charge in [-0.25, -0.2) is 8.78 Å². The topological polar surface area (TPSA) is 29.5 Å². The molecule has 0 unspecified atom stereocenters. The van der Waals surface area contributed by atoms with Gasteiger partial charge in [-0.15, -0.1) is 0 Å². The van der Waals surface area contributed by atoms with Crippen molar-refractivity contribution in [3.8, 4) is 5.75 Å². The Hall–Kier alpha value is -1.16. The lowest BCUT2D eigenvalue weighted by molar-refractivity contribution is 0.199. The lowest BCUT2D eigenvalue weighted by Gasteiger charge is -2.08. The van der Waals surface area contributed by atoms with Gasteiger partial charge in [-0.3, -0.25) is 0 Å². The van der Waals surface area contributed by atoms with Gasteiger partial charge in [-0.05, 0) is 6.92 Å². The van der Waals surface area contributed by atoms with Crippen molar-refractivity contribution in [2.45, 2.75) is 20.8 Å². The smallest absolute Gasteiger partial charge is 0.132 e. The number of aliphatic hydroxyl groups excluding tert-OH is 1. The standard InChI is InChI=1S/C9H10F2O2.C2H6/c1-6-8(11)4-7(10)5-9(6)13-3-2-12;1-2/h4-5,12H,2-3H2,1H3;1-2H3. The highest BCUT2D eigenvalue weighted by Crippen LogP contribution is 2.21. The minimum atomic E-state index is -0.684. The molecule has 0 saturated heterocycles. The maximum atomic E-state index is 12.9. The summed E-state index contributed by atoms with van der Waals surface area (Å²) in [6.45, 7) is 5.34. The van der Waals surface area contributed by atoms with Gasteiger partial charge in [-0.1, -0.05) is 13.8 Å². The van der Waals surface area contributed by atoms with E-state index in [-0.39, 0.29) is 24.5 Å². The molecule has 4 heteroatoms. The van der Waals surface area contributed by atoms with Gasteiger partial charge >= 0.3 is 0 Å². The summed E-state index contributed by atoms with van der Waals surface area (Å²) in [7, 11) is 0. The number of hydrogen-bond donors (Lipinski definition) is 1. The van der Waals surface area contributed by atoms with Crippen molar-refractivity contribution in [3.05, 3.63) is 29.3 Å². The van der Waals surface area contributed by atoms with E-state index in [4.69, 9.17) is 9.84 Å². The molecule has 1 aromatic carbocycles. The van der Waals surface area contributed by atoms with Crippen LogP contribution in [0.1, 0.15) is 19.4 Å². The lowest BCUT2D eigenvalue weighted by atomic mass is 10.2. The first-order valence-corrected chi connectivity index (χ1v) is 4.84. The number of rotatable bonds is 3. The fourth-order valence-electron chi connectivity index (χ4n) is 0.928. The van der Waals surface area contributed by atoms with E-state index in [9.17, 15) is 8.78 Å². The molecule has 1 N–H and O–H groups in total. The van der Waals surface area contributed by atoms with Crippen molar-refractivity contribution in [2.24, 2.45) is 0 Å². The third-order valence-corrected chi connectivity index (χ3v) is 1.61. The Labute approximate surface area is 88.5 Å². The second-order valence-electron chi connectivity index (χ2n) is 2.58. The molecule has 1 aromatic rings. The lowest BCUT2D eigenvalue weighted by Crippen LogP contribution is -2.04. The normalized spacial score (nSPS) is 9.20. The summed E-state index contributed by atoms with van der Waals surface area (Å²) in [5.41, 5.74) is 0.245. The third kappa shape index (κ3) is 4.25. The molecule has 0 amide bonds. The molecular weight excluding hydrogens is 202 g/mol. The average Bonchev–Trinajstić information content (AvgIpc) is 2.24. The van der Waals surface area contributed by atoms with Crippen LogP contribution in [0.25, 0.3) is 0 Å². The fourth-order valence-corrected chi connectivity index (χ4v) is 0.928. The fraction of sp³-hybridized carbons (Fsp3) is 0.455. The third-order valence-electron chi connectivity index (χ3n) is 1.61. The van der Waals surface area contributed by atoms with Crippen LogP contribution in [-0.4, -0.2) is 18.3 Å². The number of aliphatic hydroxyl groups is 1. The van der Waals surface area contributed by atoms with E-state index in [1.54, 1.807) is 0 Å². The van der Waals surface area contributed by atoms with Crippen LogP contribution in [0, 0.1) is 18.6 Å². The first-order chi connectivity index (χ1) is 7.15. The Morgan fingerprint density at radius 1 is 1.27 bits per heavy atom. The Bertz CT molecular complexity index is 301. The van der Waals surface area contributed by atoms with Crippen LogP contribution in [0.5, 0.6) is 5.75 Å². The minimum Gasteiger partial charge on any atom is -0.491 e. The molecule has 0 radical (unpaired) electrons. The molecule has 0 spiro atoms. The van der Waals surface area contributed by atoms with E-state index >= 15 is 0 Å². The van der Waals surface area contributed by atoms with Crippen molar-refractivity contribution < 1.29 is 18.6 Å². The summed E-state index contributed by atoms with van der Waals surface area (Å²) >= 11 is 0. The molecule has 0 saturated carbocycles. The molecule has 0 atom stereocenters. The van der Waals surface area contributed by atoms with Crippen LogP contribution >= 0.6 is 0 Å². The second-order valence-corrected chi connectivity index (χ2v) is 2.58. The van der Waals surface area contributed by atoms with E-state index < -0.39 is 11.6 Å². The molecule has 0 fully saturated rings. The Balaban J connectivity index is 0.000000921. The van der Waals surface area contributed by atoms with E-state index in [1.807, 2.05) is 13.8 Å². The van der Waals surface area contributed by atoms with Gasteiger partial charge < -0.3 is 9.84 Å². The molecule has 0 aliphatic carbocycles. The summed E-state index contributed by atoms with van der Waals surface area (Å²) in [5, 5.41) is 8.44. The number of halogens is 2. The Morgan fingerprint density at radius 3 is 2.40 bits per heavy atom. The first kappa shape index (κ1) is 13.8. The van der Waals surface area contributed by atoms with Gasteiger partial charge in [0.15, 0.2) is 0 Å². The van der Waals surface area contributed by atoms with Gasteiger partial charge in [0.2, 0.25) is 0 Å². The van der Waals surface area contributed by atoms with E-state index in [0.717, 1.165) is 12.1 Å². The maximum Gasteiger partial charge on any atom is 0.132 e. The van der Waals surface area contributed by atoms with Crippen LogP contribution in [0.2, 0.25) is 0 Å². The van der Waals surface area contributed by atoms with Crippen molar-refractivity contribution in [1.82, 2.24) is 0 Å². The SMILES string of the molecule is CC.Cc1c(F)cc(F)cc1OCCO. The van der Waals surface area contributed by atoms with Crippen LogP contribution in [0.4, 0.5) is 8.78 Å². The van der Waals surface area contributed by atoms with Crippen molar-refractivity contribution in [1.29, 1.82) is 0 Å². The van der Waals surface area contributed by atoms with E-state index in [0.29, 0.717) is 0 Å². The number of hydrogen-bond acceptors (Lipinski definition) is 2. The van der Waals surface area contributed by atoms with Gasteiger partial charge in [0.25, 0.3) is 0 Å². The van der Waals surface area contributed by atoms with Crippen molar-refractivity contribution in [2.75, 3.05) is 13.2 Å². The summed E-state index contributed by atoms with van der Waals surface area (Å²) in [6, 6.07) is 1.88. The second kappa shape index (κ2) is 7.17. The number of benzene rings is 1. The van der Waals surface area contributed by atoms with Gasteiger partial charge in [0.05, 0.1) is 6.61 Å². The number of ether oxygens (including phenoxy) is 1. The molecular formula is C11H16F2O2. The summed E-state index contributed by atoms with van der Waals surface area (Å²) in [5.74, 6) is -1.20. The van der Waals surface area contributed by atoms with E-state index in [2.05, 4.69) is 0 Å². The summed E-state index contributed by atoms with van der Waals surface area (Å²) in [6.07, 6.45) is 0. The molecule has 0 heterocycles. The van der Waals surface area contributed by atoms with Crippen LogP contribution in [0.3, 0.4) is 0 Å². The monoisotopic (exact) mass is 218 g/mol. The van der Waals surface area contributed by atoms with Crippen molar-refractivity contribution in [3.63, 3.8) is 0 Å². The molecule has 2 nitrogen and oxygen atoms in total. The predicted octanol–water partition coefficient (Wildman–Crippen LogP) is 2.67. The predicted molar refractivity (Wildman–Crippen MR) is 55.0 cm³/mol. The zero-order valence-electron chi connectivity index (χ0n) is 9.18. The molecule has 15 heavy (non-hydrogen) atoms. The Kier molecular flexibility index (Phi) is 6.62. The average molecular weight is 218 g/mol.